The third-order valence-electron chi connectivity index (χ3n) is 14.6. The molecule has 1 saturated heterocycles. The number of alkyl carbamates (subject to hydrolysis) is 1. The van der Waals surface area contributed by atoms with E-state index in [0.29, 0.717) is 24.1 Å². The highest BCUT2D eigenvalue weighted by Crippen LogP contribution is 2.64. The number of ether oxygens (including phenoxy) is 6. The molecule has 0 aromatic heterocycles. The monoisotopic (exact) mass is 931 g/mol. The smallest absolute Gasteiger partial charge is 0.408 e. The Hall–Kier alpha value is -5.69. The molecule has 18 nitrogen and oxygen atoms in total. The van der Waals surface area contributed by atoms with Crippen molar-refractivity contribution in [1.82, 2.24) is 5.32 Å². The van der Waals surface area contributed by atoms with Gasteiger partial charge in [-0.3, -0.25) is 14.4 Å². The number of ketones is 1. The van der Waals surface area contributed by atoms with Crippen molar-refractivity contribution in [3.05, 3.63) is 82.9 Å². The zero-order chi connectivity index (χ0) is 49.0. The zero-order valence-electron chi connectivity index (χ0n) is 39.0. The number of carbonyl (C=O) groups excluding carboxylic acids is 6. The van der Waals surface area contributed by atoms with Crippen molar-refractivity contribution >= 4 is 41.5 Å². The standard InChI is InChI=1S/C49H61N3O15/c1-25-31(63-43(59)37(64-42(58)29-19-20-30(21-29)52-50)35(27-15-11-9-12-16-27)51-44(60)67-45(3,4)5)23-49(61)40(65-41(57)28-17-13-10-14-18-28)38-47(8,39(56)36(55)34(25)46(49,6)7)32(54)22-33-48(38,24-62-33)66-26(2)53/h9-18,29,31-33,35-38,40,54-55,61H,19-24,50H2,1-8H3,(H,51,60)/b52-30+/t29?,31-,32-,33+,35-,36+,37+,38-,40-,47+,48-,49+/m1/s1. The van der Waals surface area contributed by atoms with Crippen LogP contribution in [-0.4, -0.2) is 117 Å². The van der Waals surface area contributed by atoms with E-state index in [-0.39, 0.29) is 36.2 Å². The molecule has 3 saturated carbocycles. The number of esters is 4. The molecule has 1 aliphatic heterocycles. The Morgan fingerprint density at radius 2 is 1.61 bits per heavy atom. The highest BCUT2D eigenvalue weighted by Gasteiger charge is 2.78. The van der Waals surface area contributed by atoms with Crippen LogP contribution in [0.1, 0.15) is 109 Å². The summed E-state index contributed by atoms with van der Waals surface area (Å²) in [5, 5.41) is 44.6. The molecule has 0 spiro atoms. The number of fused-ring (bicyclic) bond motifs is 5. The third kappa shape index (κ3) is 8.72. The molecule has 362 valence electrons. The molecule has 1 amide bonds. The number of carbonyl (C=O) groups is 6. The average molecular weight is 932 g/mol. The molecule has 7 rings (SSSR count). The predicted molar refractivity (Wildman–Crippen MR) is 236 cm³/mol. The van der Waals surface area contributed by atoms with Crippen LogP contribution in [0.3, 0.4) is 0 Å². The van der Waals surface area contributed by atoms with Crippen molar-refractivity contribution in [1.29, 1.82) is 0 Å². The van der Waals surface area contributed by atoms with Crippen molar-refractivity contribution in [3.8, 4) is 0 Å². The van der Waals surface area contributed by atoms with Crippen molar-refractivity contribution in [2.75, 3.05) is 6.61 Å². The molecule has 4 fully saturated rings. The number of Topliss-reactive ketones (excluding diaryl/α,β-unsaturated/α-hetero) is 1. The summed E-state index contributed by atoms with van der Waals surface area (Å²) in [6, 6.07) is 14.6. The first-order chi connectivity index (χ1) is 31.4. The van der Waals surface area contributed by atoms with Gasteiger partial charge in [0.2, 0.25) is 6.10 Å². The fourth-order valence-corrected chi connectivity index (χ4v) is 11.0. The second kappa shape index (κ2) is 18.1. The van der Waals surface area contributed by atoms with Crippen LogP contribution in [-0.2, 0) is 47.6 Å². The first-order valence-corrected chi connectivity index (χ1v) is 22.5. The molecule has 2 aromatic carbocycles. The van der Waals surface area contributed by atoms with Crippen molar-refractivity contribution in [3.63, 3.8) is 0 Å². The molecule has 6 N–H and O–H groups in total. The van der Waals surface area contributed by atoms with E-state index in [0.717, 1.165) is 6.92 Å². The molecule has 1 unspecified atom stereocenters. The molecule has 0 radical (unpaired) electrons. The van der Waals surface area contributed by atoms with E-state index in [1.807, 2.05) is 0 Å². The maximum absolute atomic E-state index is 15.2. The van der Waals surface area contributed by atoms with Gasteiger partial charge in [0.05, 0.1) is 35.5 Å². The van der Waals surface area contributed by atoms with Gasteiger partial charge in [-0.2, -0.15) is 5.10 Å². The summed E-state index contributed by atoms with van der Waals surface area (Å²) in [7, 11) is 0. The van der Waals surface area contributed by atoms with Gasteiger partial charge in [-0.1, -0.05) is 62.4 Å². The first kappa shape index (κ1) is 49.2. The number of aliphatic hydroxyl groups is 3. The summed E-state index contributed by atoms with van der Waals surface area (Å²) in [4.78, 5) is 85.1. The molecule has 12 atom stereocenters. The topological polar surface area (TPSA) is 269 Å². The van der Waals surface area contributed by atoms with Crippen LogP contribution in [0.4, 0.5) is 4.79 Å². The van der Waals surface area contributed by atoms with Crippen molar-refractivity contribution in [2.45, 2.75) is 147 Å². The number of nitrogens with zero attached hydrogens (tertiary/aromatic N) is 1. The second-order valence-corrected chi connectivity index (χ2v) is 20.1. The van der Waals surface area contributed by atoms with Gasteiger partial charge < -0.3 is 54.9 Å². The lowest BCUT2D eigenvalue weighted by molar-refractivity contribution is -0.346. The van der Waals surface area contributed by atoms with Crippen LogP contribution in [0, 0.1) is 22.7 Å². The first-order valence-electron chi connectivity index (χ1n) is 22.5. The van der Waals surface area contributed by atoms with Gasteiger partial charge >= 0.3 is 30.0 Å². The van der Waals surface area contributed by atoms with Crippen LogP contribution in [0.2, 0.25) is 0 Å². The van der Waals surface area contributed by atoms with Gasteiger partial charge in [-0.25, -0.2) is 14.4 Å². The molecule has 67 heavy (non-hydrogen) atoms. The Morgan fingerprint density at radius 1 is 0.970 bits per heavy atom. The van der Waals surface area contributed by atoms with Gasteiger partial charge in [0, 0.05) is 37.3 Å². The second-order valence-electron chi connectivity index (χ2n) is 20.1. The molecule has 2 aromatic rings. The normalized spacial score (nSPS) is 33.6. The number of amides is 1. The number of aliphatic hydroxyl groups excluding tert-OH is 2. The Morgan fingerprint density at radius 3 is 2.18 bits per heavy atom. The van der Waals surface area contributed by atoms with E-state index in [9.17, 15) is 34.5 Å². The highest BCUT2D eigenvalue weighted by molar-refractivity contribution is 5.95. The SMILES string of the molecule is CC(=O)O[C@]12CO[C@H]1C[C@@H](O)[C@]1(C)C(=O)[C@@H](O)C3=C(C)[C@H](OC(=O)[C@@H](OC(=O)C4CC/C(=N\N)C4)[C@H](NC(=O)OC(C)(C)C)c4ccccc4)C[C@](O)([C@H](OC(=O)c4ccccc4)[C@@H]21)C3(C)C. The quantitative estimate of drug-likeness (QED) is 0.0743. The number of hydrogen-bond acceptors (Lipinski definition) is 17. The van der Waals surface area contributed by atoms with E-state index >= 15 is 9.59 Å². The Kier molecular flexibility index (Phi) is 13.3. The third-order valence-corrected chi connectivity index (χ3v) is 14.6. The van der Waals surface area contributed by atoms with E-state index < -0.39 is 124 Å². The number of benzene rings is 2. The van der Waals surface area contributed by atoms with Gasteiger partial charge in [-0.15, -0.1) is 0 Å². The van der Waals surface area contributed by atoms with Crippen LogP contribution >= 0.6 is 0 Å². The summed E-state index contributed by atoms with van der Waals surface area (Å²) in [6.45, 7) is 11.7. The van der Waals surface area contributed by atoms with Crippen molar-refractivity contribution < 1.29 is 72.5 Å². The maximum Gasteiger partial charge on any atom is 0.408 e. The number of rotatable bonds is 10. The summed E-state index contributed by atoms with van der Waals surface area (Å²) < 4.78 is 36.3. The summed E-state index contributed by atoms with van der Waals surface area (Å²) in [5.74, 6) is -1.47. The predicted octanol–water partition coefficient (Wildman–Crippen LogP) is 3.93. The average Bonchev–Trinajstić information content (AvgIpc) is 3.76. The van der Waals surface area contributed by atoms with Gasteiger partial charge in [0.1, 0.15) is 41.7 Å². The Bertz CT molecular complexity index is 2350. The Labute approximate surface area is 388 Å². The number of hydrazone groups is 1. The number of nitrogens with one attached hydrogen (secondary N) is 1. The fourth-order valence-electron chi connectivity index (χ4n) is 11.0. The minimum atomic E-state index is -2.42. The highest BCUT2D eigenvalue weighted by atomic mass is 16.6. The van der Waals surface area contributed by atoms with Gasteiger partial charge in [0.25, 0.3) is 0 Å². The molecule has 2 bridgehead atoms. The molecule has 1 heterocycles. The van der Waals surface area contributed by atoms with Crippen LogP contribution in [0.5, 0.6) is 0 Å². The molecule has 18 heteroatoms. The van der Waals surface area contributed by atoms with Crippen LogP contribution in [0.15, 0.2) is 76.9 Å². The minimum absolute atomic E-state index is 0.0604. The molecule has 4 aliphatic carbocycles. The van der Waals surface area contributed by atoms with E-state index in [4.69, 9.17) is 34.3 Å². The molecular formula is C49H61N3O15. The van der Waals surface area contributed by atoms with Crippen LogP contribution in [0.25, 0.3) is 0 Å². The summed E-state index contributed by atoms with van der Waals surface area (Å²) in [5.41, 5.74) is -7.94. The van der Waals surface area contributed by atoms with E-state index in [1.165, 1.54) is 26.0 Å². The lowest BCUT2D eigenvalue weighted by Gasteiger charge is -2.67. The number of nitrogens with two attached hydrogens (primary N) is 1. The summed E-state index contributed by atoms with van der Waals surface area (Å²) in [6.07, 6.45) is -10.8. The Balaban J connectivity index is 1.38. The molecule has 5 aliphatic rings. The largest absolute Gasteiger partial charge is 0.455 e. The lowest BCUT2D eigenvalue weighted by atomic mass is 9.44. The fraction of sp³-hybridized carbons (Fsp3) is 0.571. The van der Waals surface area contributed by atoms with Crippen LogP contribution < -0.4 is 11.2 Å². The lowest BCUT2D eigenvalue weighted by Crippen LogP contribution is -2.81. The molecular weight excluding hydrogens is 871 g/mol. The summed E-state index contributed by atoms with van der Waals surface area (Å²) >= 11 is 0. The van der Waals surface area contributed by atoms with Gasteiger partial charge in [-0.05, 0) is 76.3 Å². The van der Waals surface area contributed by atoms with Crippen molar-refractivity contribution in [2.24, 2.45) is 33.6 Å². The number of hydrogen-bond donors (Lipinski definition) is 5. The zero-order valence-corrected chi connectivity index (χ0v) is 39.0. The minimum Gasteiger partial charge on any atom is -0.455 e. The van der Waals surface area contributed by atoms with Gasteiger partial charge in [0.15, 0.2) is 11.4 Å². The maximum atomic E-state index is 15.2. The van der Waals surface area contributed by atoms with E-state index in [1.54, 1.807) is 83.1 Å². The van der Waals surface area contributed by atoms with E-state index in [2.05, 4.69) is 10.4 Å².